The predicted octanol–water partition coefficient (Wildman–Crippen LogP) is 2.47. The minimum Gasteiger partial charge on any atom is -0.377 e. The van der Waals surface area contributed by atoms with Crippen molar-refractivity contribution in [2.75, 3.05) is 19.7 Å². The Kier molecular flexibility index (Phi) is 6.64. The molecule has 0 radical (unpaired) electrons. The third-order valence-electron chi connectivity index (χ3n) is 3.32. The molecule has 1 atom stereocenters. The number of hydrogen-bond donors (Lipinski definition) is 2. The molecule has 5 nitrogen and oxygen atoms in total. The van der Waals surface area contributed by atoms with Crippen molar-refractivity contribution in [1.29, 1.82) is 0 Å². The summed E-state index contributed by atoms with van der Waals surface area (Å²) in [6.45, 7) is 4.62. The van der Waals surface area contributed by atoms with Crippen LogP contribution in [0, 0.1) is 0 Å². The normalized spacial score (nSPS) is 19.8. The quantitative estimate of drug-likeness (QED) is 0.742. The highest BCUT2D eigenvalue weighted by atomic mass is 79.9. The van der Waals surface area contributed by atoms with Crippen LogP contribution in [0.1, 0.15) is 31.1 Å². The fourth-order valence-corrected chi connectivity index (χ4v) is 5.88. The fourth-order valence-electron chi connectivity index (χ4n) is 2.17. The van der Waals surface area contributed by atoms with Crippen molar-refractivity contribution in [2.24, 2.45) is 0 Å². The summed E-state index contributed by atoms with van der Waals surface area (Å²) in [6.07, 6.45) is 3.07. The number of nitrogens with one attached hydrogen (secondary N) is 2. The summed E-state index contributed by atoms with van der Waals surface area (Å²) in [5.74, 6) is 0. The van der Waals surface area contributed by atoms with E-state index in [1.807, 2.05) is 6.92 Å². The van der Waals surface area contributed by atoms with Gasteiger partial charge in [0.25, 0.3) is 0 Å². The molecule has 120 valence electrons. The molecule has 1 saturated heterocycles. The molecule has 0 aromatic carbocycles. The maximum absolute atomic E-state index is 12.4. The van der Waals surface area contributed by atoms with E-state index < -0.39 is 10.0 Å². The number of thiophene rings is 1. The zero-order chi connectivity index (χ0) is 15.3. The topological polar surface area (TPSA) is 67.4 Å². The Morgan fingerprint density at radius 1 is 1.48 bits per heavy atom. The summed E-state index contributed by atoms with van der Waals surface area (Å²) in [4.78, 5) is 1.31. The van der Waals surface area contributed by atoms with Crippen LogP contribution in [0.5, 0.6) is 0 Å². The second-order valence-corrected chi connectivity index (χ2v) is 9.16. The molecule has 0 bridgehead atoms. The summed E-state index contributed by atoms with van der Waals surface area (Å²) in [6, 6.07) is 1.72. The van der Waals surface area contributed by atoms with Gasteiger partial charge >= 0.3 is 0 Å². The van der Waals surface area contributed by atoms with E-state index in [1.54, 1.807) is 6.07 Å². The van der Waals surface area contributed by atoms with Crippen LogP contribution in [0.2, 0.25) is 0 Å². The monoisotopic (exact) mass is 396 g/mol. The molecule has 1 aromatic rings. The first-order chi connectivity index (χ1) is 10.0. The lowest BCUT2D eigenvalue weighted by molar-refractivity contribution is 0.0200. The fraction of sp³-hybridized carbons (Fsp3) is 0.692. The molecule has 2 rings (SSSR count). The smallest absolute Gasteiger partial charge is 0.242 e. The number of hydrogen-bond acceptors (Lipinski definition) is 5. The molecule has 21 heavy (non-hydrogen) atoms. The number of halogens is 1. The Balaban J connectivity index is 1.99. The molecule has 1 aliphatic heterocycles. The first kappa shape index (κ1) is 17.4. The van der Waals surface area contributed by atoms with Crippen LogP contribution in [0.15, 0.2) is 14.7 Å². The van der Waals surface area contributed by atoms with Crippen molar-refractivity contribution in [3.05, 3.63) is 14.7 Å². The molecule has 1 fully saturated rings. The molecule has 0 saturated carbocycles. The van der Waals surface area contributed by atoms with Gasteiger partial charge in [-0.2, -0.15) is 0 Å². The second-order valence-electron chi connectivity index (χ2n) is 4.97. The number of sulfonamides is 1. The van der Waals surface area contributed by atoms with Gasteiger partial charge in [0.2, 0.25) is 10.0 Å². The SMILES string of the molecule is CCNCc1cc(S(=O)(=O)NCC2CCCCO2)c(Br)s1. The standard InChI is InChI=1S/C13H21BrN2O3S2/c1-2-15-9-11-7-12(13(14)20-11)21(17,18)16-8-10-5-3-4-6-19-10/h7,10,15-16H,2-6,8-9H2,1H3. The van der Waals surface area contributed by atoms with E-state index in [2.05, 4.69) is 26.0 Å². The number of rotatable bonds is 7. The van der Waals surface area contributed by atoms with Gasteiger partial charge in [-0.3, -0.25) is 0 Å². The Morgan fingerprint density at radius 3 is 2.95 bits per heavy atom. The third-order valence-corrected chi connectivity index (χ3v) is 7.00. The minimum atomic E-state index is -3.49. The van der Waals surface area contributed by atoms with Crippen LogP contribution in [-0.4, -0.2) is 34.2 Å². The van der Waals surface area contributed by atoms with Crippen LogP contribution in [0.3, 0.4) is 0 Å². The minimum absolute atomic E-state index is 0.00725. The molecule has 0 aliphatic carbocycles. The highest BCUT2D eigenvalue weighted by Crippen LogP contribution is 2.31. The average Bonchev–Trinajstić information content (AvgIpc) is 2.86. The van der Waals surface area contributed by atoms with Crippen molar-refractivity contribution < 1.29 is 13.2 Å². The lowest BCUT2D eigenvalue weighted by atomic mass is 10.1. The van der Waals surface area contributed by atoms with E-state index in [0.29, 0.717) is 21.8 Å². The van der Waals surface area contributed by atoms with E-state index in [0.717, 1.165) is 37.3 Å². The maximum atomic E-state index is 12.4. The Morgan fingerprint density at radius 2 is 2.29 bits per heavy atom. The van der Waals surface area contributed by atoms with Gasteiger partial charge in [0, 0.05) is 24.6 Å². The molecule has 0 spiro atoms. The summed E-state index contributed by atoms with van der Waals surface area (Å²) in [7, 11) is -3.49. The van der Waals surface area contributed by atoms with E-state index in [4.69, 9.17) is 4.74 Å². The predicted molar refractivity (Wildman–Crippen MR) is 88.2 cm³/mol. The van der Waals surface area contributed by atoms with Gasteiger partial charge in [0.15, 0.2) is 0 Å². The summed E-state index contributed by atoms with van der Waals surface area (Å²) in [5, 5.41) is 3.19. The van der Waals surface area contributed by atoms with Crippen LogP contribution in [0.4, 0.5) is 0 Å². The molecule has 2 heterocycles. The first-order valence-corrected chi connectivity index (χ1v) is 10.2. The highest BCUT2D eigenvalue weighted by molar-refractivity contribution is 9.11. The van der Waals surface area contributed by atoms with Gasteiger partial charge in [-0.05, 0) is 47.8 Å². The van der Waals surface area contributed by atoms with Gasteiger partial charge < -0.3 is 10.1 Å². The van der Waals surface area contributed by atoms with Gasteiger partial charge in [-0.1, -0.05) is 6.92 Å². The molecule has 1 aliphatic rings. The Bertz CT molecular complexity index is 554. The van der Waals surface area contributed by atoms with Crippen molar-refractivity contribution in [3.8, 4) is 0 Å². The van der Waals surface area contributed by atoms with Crippen LogP contribution in [-0.2, 0) is 21.3 Å². The first-order valence-electron chi connectivity index (χ1n) is 7.13. The second kappa shape index (κ2) is 8.03. The zero-order valence-corrected chi connectivity index (χ0v) is 15.2. The summed E-state index contributed by atoms with van der Waals surface area (Å²) < 4.78 is 33.6. The van der Waals surface area contributed by atoms with E-state index in [9.17, 15) is 8.42 Å². The largest absolute Gasteiger partial charge is 0.377 e. The molecule has 2 N–H and O–H groups in total. The Labute approximate surface area is 138 Å². The zero-order valence-electron chi connectivity index (χ0n) is 12.0. The number of ether oxygens (including phenoxy) is 1. The third kappa shape index (κ3) is 5.01. The van der Waals surface area contributed by atoms with Gasteiger partial charge in [-0.25, -0.2) is 13.1 Å². The summed E-state index contributed by atoms with van der Waals surface area (Å²) >= 11 is 4.80. The maximum Gasteiger partial charge on any atom is 0.242 e. The van der Waals surface area contributed by atoms with Crippen molar-refractivity contribution in [2.45, 2.75) is 43.7 Å². The molecule has 1 aromatic heterocycles. The van der Waals surface area contributed by atoms with Crippen molar-refractivity contribution in [3.63, 3.8) is 0 Å². The van der Waals surface area contributed by atoms with Gasteiger partial charge in [0.05, 0.1) is 9.89 Å². The van der Waals surface area contributed by atoms with Crippen LogP contribution in [0.25, 0.3) is 0 Å². The van der Waals surface area contributed by atoms with Crippen molar-refractivity contribution in [1.82, 2.24) is 10.0 Å². The molecule has 8 heteroatoms. The summed E-state index contributed by atoms with van der Waals surface area (Å²) in [5.41, 5.74) is 0. The van der Waals surface area contributed by atoms with Gasteiger partial charge in [0.1, 0.15) is 4.90 Å². The van der Waals surface area contributed by atoms with Gasteiger partial charge in [-0.15, -0.1) is 11.3 Å². The molecular weight excluding hydrogens is 376 g/mol. The van der Waals surface area contributed by atoms with Crippen molar-refractivity contribution >= 4 is 37.3 Å². The van der Waals surface area contributed by atoms with E-state index in [-0.39, 0.29) is 6.10 Å². The molecule has 0 amide bonds. The molecule has 1 unspecified atom stereocenters. The average molecular weight is 397 g/mol. The van der Waals surface area contributed by atoms with E-state index in [1.165, 1.54) is 11.3 Å². The Hall–Kier alpha value is 0.01000. The van der Waals surface area contributed by atoms with Crippen LogP contribution < -0.4 is 10.0 Å². The van der Waals surface area contributed by atoms with Crippen LogP contribution >= 0.6 is 27.3 Å². The lowest BCUT2D eigenvalue weighted by Crippen LogP contribution is -2.35. The molecular formula is C13H21BrN2O3S2. The highest BCUT2D eigenvalue weighted by Gasteiger charge is 2.23. The lowest BCUT2D eigenvalue weighted by Gasteiger charge is -2.22. The van der Waals surface area contributed by atoms with E-state index >= 15 is 0 Å².